The van der Waals surface area contributed by atoms with Gasteiger partial charge < -0.3 is 5.32 Å². The Morgan fingerprint density at radius 3 is 2.87 bits per heavy atom. The van der Waals surface area contributed by atoms with Crippen LogP contribution in [0.25, 0.3) is 0 Å². The van der Waals surface area contributed by atoms with Gasteiger partial charge in [-0.15, -0.1) is 11.8 Å². The molecule has 1 nitrogen and oxygen atoms in total. The van der Waals surface area contributed by atoms with Crippen LogP contribution in [-0.4, -0.2) is 10.2 Å². The van der Waals surface area contributed by atoms with E-state index in [1.54, 1.807) is 0 Å². The number of thioether (sulfide) groups is 1. The molecule has 0 radical (unpaired) electrons. The molecule has 0 saturated heterocycles. The number of anilines is 1. The lowest BCUT2D eigenvalue weighted by molar-refractivity contribution is 0.623. The lowest BCUT2D eigenvalue weighted by atomic mass is 10.1. The Hall–Kier alpha value is -0.540. The molecule has 1 heterocycles. The normalized spacial score (nSPS) is 20.7. The summed E-state index contributed by atoms with van der Waals surface area (Å²) in [5, 5.41) is 3.91. The van der Waals surface area contributed by atoms with Gasteiger partial charge in [-0.05, 0) is 18.1 Å². The molecule has 2 rings (SSSR count). The molecule has 1 N–H and O–H groups in total. The molecule has 0 aliphatic carbocycles. The second-order valence-corrected chi connectivity index (χ2v) is 5.92. The van der Waals surface area contributed by atoms with E-state index in [0.29, 0.717) is 11.2 Å². The Kier molecular flexibility index (Phi) is 3.32. The van der Waals surface area contributed by atoms with Crippen LogP contribution in [0.4, 0.5) is 5.69 Å². The fourth-order valence-corrected chi connectivity index (χ4v) is 3.28. The van der Waals surface area contributed by atoms with Crippen molar-refractivity contribution in [3.8, 4) is 0 Å². The predicted molar refractivity (Wildman–Crippen MR) is 71.8 cm³/mol. The Balaban J connectivity index is 2.31. The molecule has 0 spiro atoms. The third-order valence-electron chi connectivity index (χ3n) is 2.57. The summed E-state index contributed by atoms with van der Waals surface area (Å²) in [5.74, 6) is 0.654. The molecule has 15 heavy (non-hydrogen) atoms. The van der Waals surface area contributed by atoms with Gasteiger partial charge in [0.15, 0.2) is 0 Å². The first-order chi connectivity index (χ1) is 7.16. The van der Waals surface area contributed by atoms with E-state index in [9.17, 15) is 0 Å². The minimum Gasteiger partial charge on any atom is -0.349 e. The summed E-state index contributed by atoms with van der Waals surface area (Å²) in [6.07, 6.45) is 0.979. The predicted octanol–water partition coefficient (Wildman–Crippen LogP) is 3.95. The maximum atomic E-state index is 5.34. The minimum absolute atomic E-state index is 0.591. The largest absolute Gasteiger partial charge is 0.349 e. The van der Waals surface area contributed by atoms with Crippen molar-refractivity contribution in [1.82, 2.24) is 0 Å². The quantitative estimate of drug-likeness (QED) is 0.743. The number of fused-ring (bicyclic) bond motifs is 1. The summed E-state index contributed by atoms with van der Waals surface area (Å²) >= 11 is 7.28. The highest BCUT2D eigenvalue weighted by atomic mass is 32.2. The van der Waals surface area contributed by atoms with Gasteiger partial charge in [-0.2, -0.15) is 0 Å². The average Bonchev–Trinajstić information content (AvgIpc) is 2.35. The van der Waals surface area contributed by atoms with Crippen molar-refractivity contribution in [2.75, 3.05) is 5.32 Å². The van der Waals surface area contributed by atoms with Gasteiger partial charge >= 0.3 is 0 Å². The summed E-state index contributed by atoms with van der Waals surface area (Å²) in [6.45, 7) is 4.52. The number of hydrogen-bond donors (Lipinski definition) is 1. The molecule has 0 aromatic heterocycles. The third kappa shape index (κ3) is 2.52. The Morgan fingerprint density at radius 2 is 2.13 bits per heavy atom. The smallest absolute Gasteiger partial charge is 0.0808 e. The molecular formula is C12H15NS2. The molecule has 0 saturated carbocycles. The van der Waals surface area contributed by atoms with Gasteiger partial charge in [0, 0.05) is 16.6 Å². The molecule has 3 heteroatoms. The van der Waals surface area contributed by atoms with Gasteiger partial charge in [0.2, 0.25) is 0 Å². The minimum atomic E-state index is 0.591. The van der Waals surface area contributed by atoms with Crippen LogP contribution in [0.5, 0.6) is 0 Å². The van der Waals surface area contributed by atoms with Crippen LogP contribution >= 0.6 is 24.0 Å². The molecule has 1 atom stereocenters. The summed E-state index contributed by atoms with van der Waals surface area (Å²) in [7, 11) is 0. The van der Waals surface area contributed by atoms with Gasteiger partial charge in [-0.25, -0.2) is 0 Å². The zero-order chi connectivity index (χ0) is 10.8. The van der Waals surface area contributed by atoms with Crippen LogP contribution in [0.2, 0.25) is 0 Å². The van der Waals surface area contributed by atoms with Crippen LogP contribution in [0.1, 0.15) is 20.3 Å². The zero-order valence-corrected chi connectivity index (χ0v) is 10.6. The van der Waals surface area contributed by atoms with E-state index in [-0.39, 0.29) is 0 Å². The molecule has 80 valence electrons. The van der Waals surface area contributed by atoms with Gasteiger partial charge in [0.25, 0.3) is 0 Å². The summed E-state index contributed by atoms with van der Waals surface area (Å²) in [5.41, 5.74) is 1.16. The van der Waals surface area contributed by atoms with E-state index in [4.69, 9.17) is 12.2 Å². The second kappa shape index (κ2) is 4.54. The highest BCUT2D eigenvalue weighted by molar-refractivity contribution is 8.00. The third-order valence-corrected chi connectivity index (χ3v) is 4.46. The Labute approximate surface area is 101 Å². The van der Waals surface area contributed by atoms with Crippen LogP contribution in [0.3, 0.4) is 0 Å². The fourth-order valence-electron chi connectivity index (χ4n) is 1.63. The summed E-state index contributed by atoms with van der Waals surface area (Å²) in [6, 6.07) is 8.39. The number of thiocarbonyl (C=S) groups is 1. The maximum Gasteiger partial charge on any atom is 0.0808 e. The summed E-state index contributed by atoms with van der Waals surface area (Å²) < 4.78 is 0. The molecule has 0 bridgehead atoms. The van der Waals surface area contributed by atoms with Crippen molar-refractivity contribution in [2.24, 2.45) is 5.92 Å². The maximum absolute atomic E-state index is 5.34. The molecular weight excluding hydrogens is 222 g/mol. The average molecular weight is 237 g/mol. The van der Waals surface area contributed by atoms with Crippen molar-refractivity contribution in [1.29, 1.82) is 0 Å². The SMILES string of the molecule is CC(C)C1CC(=S)Nc2ccccc2S1. The van der Waals surface area contributed by atoms with Crippen molar-refractivity contribution in [3.05, 3.63) is 24.3 Å². The van der Waals surface area contributed by atoms with Crippen LogP contribution in [0.15, 0.2) is 29.2 Å². The van der Waals surface area contributed by atoms with Crippen molar-refractivity contribution in [3.63, 3.8) is 0 Å². The standard InChI is InChI=1S/C12H15NS2/c1-8(2)11-7-12(14)13-9-5-3-4-6-10(9)15-11/h3-6,8,11H,7H2,1-2H3,(H,13,14). The highest BCUT2D eigenvalue weighted by Gasteiger charge is 2.21. The first-order valence-corrected chi connectivity index (χ1v) is 6.51. The molecule has 0 fully saturated rings. The Bertz CT molecular complexity index is 374. The fraction of sp³-hybridized carbons (Fsp3) is 0.417. The van der Waals surface area contributed by atoms with Crippen molar-refractivity contribution in [2.45, 2.75) is 30.4 Å². The number of hydrogen-bond acceptors (Lipinski definition) is 2. The van der Waals surface area contributed by atoms with Crippen molar-refractivity contribution >= 4 is 34.7 Å². The van der Waals surface area contributed by atoms with Crippen molar-refractivity contribution < 1.29 is 0 Å². The zero-order valence-electron chi connectivity index (χ0n) is 8.99. The molecule has 1 unspecified atom stereocenters. The van der Waals surface area contributed by atoms with E-state index < -0.39 is 0 Å². The van der Waals surface area contributed by atoms with Crippen LogP contribution in [0, 0.1) is 5.92 Å². The van der Waals surface area contributed by atoms with Gasteiger partial charge in [-0.3, -0.25) is 0 Å². The number of rotatable bonds is 1. The topological polar surface area (TPSA) is 12.0 Å². The number of para-hydroxylation sites is 1. The second-order valence-electron chi connectivity index (χ2n) is 4.15. The van der Waals surface area contributed by atoms with Crippen LogP contribution < -0.4 is 5.32 Å². The first kappa shape index (κ1) is 11.0. The molecule has 1 aliphatic rings. The Morgan fingerprint density at radius 1 is 1.40 bits per heavy atom. The van der Waals surface area contributed by atoms with E-state index in [1.807, 2.05) is 17.8 Å². The molecule has 1 aliphatic heterocycles. The van der Waals surface area contributed by atoms with Gasteiger partial charge in [0.05, 0.1) is 10.7 Å². The first-order valence-electron chi connectivity index (χ1n) is 5.22. The molecule has 0 amide bonds. The van der Waals surface area contributed by atoms with Crippen LogP contribution in [-0.2, 0) is 0 Å². The number of nitrogens with one attached hydrogen (secondary N) is 1. The van der Waals surface area contributed by atoms with Gasteiger partial charge in [-0.1, -0.05) is 38.2 Å². The van der Waals surface area contributed by atoms with E-state index in [0.717, 1.165) is 17.1 Å². The van der Waals surface area contributed by atoms with E-state index in [1.165, 1.54) is 4.90 Å². The lowest BCUT2D eigenvalue weighted by Gasteiger charge is -2.17. The molecule has 1 aromatic rings. The number of benzene rings is 1. The van der Waals surface area contributed by atoms with E-state index in [2.05, 4.69) is 37.4 Å². The van der Waals surface area contributed by atoms with Gasteiger partial charge in [0.1, 0.15) is 0 Å². The molecule has 1 aromatic carbocycles. The monoisotopic (exact) mass is 237 g/mol. The van der Waals surface area contributed by atoms with E-state index >= 15 is 0 Å². The highest BCUT2D eigenvalue weighted by Crippen LogP contribution is 2.37. The lowest BCUT2D eigenvalue weighted by Crippen LogP contribution is -2.17. The summed E-state index contributed by atoms with van der Waals surface area (Å²) in [4.78, 5) is 2.28.